The summed E-state index contributed by atoms with van der Waals surface area (Å²) in [5, 5.41) is 5.90. The number of amides is 2. The summed E-state index contributed by atoms with van der Waals surface area (Å²) in [5.41, 5.74) is 2.31. The third kappa shape index (κ3) is 6.56. The average Bonchev–Trinajstić information content (AvgIpc) is 3.04. The summed E-state index contributed by atoms with van der Waals surface area (Å²) >= 11 is 0. The van der Waals surface area contributed by atoms with Crippen LogP contribution in [-0.4, -0.2) is 34.6 Å². The maximum absolute atomic E-state index is 13.9. The average molecular weight is 577 g/mol. The Morgan fingerprint density at radius 1 is 0.837 bits per heavy atom. The lowest BCUT2D eigenvalue weighted by molar-refractivity contribution is -0.116. The minimum Gasteiger partial charge on any atom is -0.497 e. The molecular formula is C34H32N4O5. The molecule has 0 unspecified atom stereocenters. The molecule has 2 amide bonds. The van der Waals surface area contributed by atoms with E-state index in [1.807, 2.05) is 49.4 Å². The number of hydrogen-bond acceptors (Lipinski definition) is 5. The van der Waals surface area contributed by atoms with Gasteiger partial charge in [-0.1, -0.05) is 49.4 Å². The van der Waals surface area contributed by atoms with Crippen molar-refractivity contribution in [3.8, 4) is 11.4 Å². The van der Waals surface area contributed by atoms with Gasteiger partial charge in [0.05, 0.1) is 23.7 Å². The van der Waals surface area contributed by atoms with Gasteiger partial charge in [-0.25, -0.2) is 9.36 Å². The Labute approximate surface area is 248 Å². The number of ether oxygens (including phenoxy) is 1. The summed E-state index contributed by atoms with van der Waals surface area (Å²) in [6.45, 7) is 2.08. The molecule has 1 aromatic heterocycles. The Kier molecular flexibility index (Phi) is 8.81. The van der Waals surface area contributed by atoms with E-state index >= 15 is 0 Å². The number of aromatic nitrogens is 2. The van der Waals surface area contributed by atoms with Crippen LogP contribution in [0.3, 0.4) is 0 Å². The first kappa shape index (κ1) is 29.1. The summed E-state index contributed by atoms with van der Waals surface area (Å²) in [5.74, 6) is -0.240. The smallest absolute Gasteiger partial charge is 0.336 e. The molecule has 9 nitrogen and oxygen atoms in total. The van der Waals surface area contributed by atoms with Crippen LogP contribution < -0.4 is 26.6 Å². The van der Waals surface area contributed by atoms with Crippen molar-refractivity contribution in [1.29, 1.82) is 0 Å². The van der Waals surface area contributed by atoms with Crippen molar-refractivity contribution in [2.45, 2.75) is 26.3 Å². The summed E-state index contributed by atoms with van der Waals surface area (Å²) < 4.78 is 7.45. The Hall–Kier alpha value is -5.44. The third-order valence-corrected chi connectivity index (χ3v) is 7.23. The van der Waals surface area contributed by atoms with Gasteiger partial charge < -0.3 is 15.4 Å². The van der Waals surface area contributed by atoms with Gasteiger partial charge in [0.15, 0.2) is 0 Å². The summed E-state index contributed by atoms with van der Waals surface area (Å²) in [6.07, 6.45) is 1.52. The number of carbonyl (C=O) groups is 2. The number of benzene rings is 4. The van der Waals surface area contributed by atoms with Crippen LogP contribution >= 0.6 is 0 Å². The predicted molar refractivity (Wildman–Crippen MR) is 167 cm³/mol. The van der Waals surface area contributed by atoms with Crippen LogP contribution in [0.25, 0.3) is 16.6 Å². The number of hydrogen-bond donors (Lipinski definition) is 2. The molecule has 0 spiro atoms. The minimum absolute atomic E-state index is 0.187. The highest BCUT2D eigenvalue weighted by Gasteiger charge is 2.19. The molecule has 43 heavy (non-hydrogen) atoms. The molecule has 0 radical (unpaired) electrons. The van der Waals surface area contributed by atoms with Crippen molar-refractivity contribution in [2.24, 2.45) is 0 Å². The molecule has 4 aromatic carbocycles. The highest BCUT2D eigenvalue weighted by Crippen LogP contribution is 2.17. The zero-order valence-electron chi connectivity index (χ0n) is 24.0. The summed E-state index contributed by atoms with van der Waals surface area (Å²) in [6, 6.07) is 28.2. The van der Waals surface area contributed by atoms with Gasteiger partial charge in [-0.15, -0.1) is 0 Å². The molecule has 0 fully saturated rings. The standard InChI is InChI=1S/C34H32N4O5/c1-3-23-9-12-26(13-10-23)36-31(39)22-37-30-21-25(32(40)35-20-19-24-7-5-4-6-8-24)11-18-29(30)33(41)38(34(37)42)27-14-16-28(43-2)17-15-27/h4-18,21H,3,19-20,22H2,1-2H3,(H,35,40)(H,36,39). The lowest BCUT2D eigenvalue weighted by Crippen LogP contribution is -2.41. The van der Waals surface area contributed by atoms with E-state index < -0.39 is 17.2 Å². The quantitative estimate of drug-likeness (QED) is 0.257. The second-order valence-electron chi connectivity index (χ2n) is 10.0. The second kappa shape index (κ2) is 13.0. The third-order valence-electron chi connectivity index (χ3n) is 7.23. The first-order chi connectivity index (χ1) is 20.9. The van der Waals surface area contributed by atoms with E-state index in [1.165, 1.54) is 23.8 Å². The number of aryl methyl sites for hydroxylation is 1. The fraction of sp³-hybridized carbons (Fsp3) is 0.176. The van der Waals surface area contributed by atoms with E-state index in [0.29, 0.717) is 30.1 Å². The van der Waals surface area contributed by atoms with Gasteiger partial charge in [0.2, 0.25) is 5.91 Å². The highest BCUT2D eigenvalue weighted by molar-refractivity contribution is 5.98. The lowest BCUT2D eigenvalue weighted by atomic mass is 10.1. The van der Waals surface area contributed by atoms with Gasteiger partial charge >= 0.3 is 5.69 Å². The van der Waals surface area contributed by atoms with Crippen molar-refractivity contribution in [3.63, 3.8) is 0 Å². The largest absolute Gasteiger partial charge is 0.497 e. The predicted octanol–water partition coefficient (Wildman–Crippen LogP) is 4.33. The van der Waals surface area contributed by atoms with Crippen LogP contribution in [0.4, 0.5) is 5.69 Å². The summed E-state index contributed by atoms with van der Waals surface area (Å²) in [7, 11) is 1.52. The van der Waals surface area contributed by atoms with Gasteiger partial charge in [0.25, 0.3) is 11.5 Å². The zero-order valence-corrected chi connectivity index (χ0v) is 24.0. The Bertz CT molecular complexity index is 1880. The van der Waals surface area contributed by atoms with Crippen LogP contribution in [0, 0.1) is 0 Å². The highest BCUT2D eigenvalue weighted by atomic mass is 16.5. The SMILES string of the molecule is CCc1ccc(NC(=O)Cn2c(=O)n(-c3ccc(OC)cc3)c(=O)c3ccc(C(=O)NCCc4ccccc4)cc32)cc1. The number of rotatable bonds is 10. The van der Waals surface area contributed by atoms with Crippen molar-refractivity contribution in [2.75, 3.05) is 19.0 Å². The first-order valence-electron chi connectivity index (χ1n) is 14.0. The molecule has 1 heterocycles. The van der Waals surface area contributed by atoms with Crippen molar-refractivity contribution in [3.05, 3.63) is 135 Å². The number of carbonyl (C=O) groups excluding carboxylic acids is 2. The van der Waals surface area contributed by atoms with E-state index in [0.717, 1.165) is 22.1 Å². The van der Waals surface area contributed by atoms with E-state index in [4.69, 9.17) is 4.74 Å². The van der Waals surface area contributed by atoms with Gasteiger partial charge in [0, 0.05) is 17.8 Å². The maximum Gasteiger partial charge on any atom is 0.336 e. The molecule has 0 saturated heterocycles. The van der Waals surface area contributed by atoms with Crippen molar-refractivity contribution < 1.29 is 14.3 Å². The number of fused-ring (bicyclic) bond motifs is 1. The fourth-order valence-electron chi connectivity index (χ4n) is 4.85. The van der Waals surface area contributed by atoms with Crippen LogP contribution in [0.15, 0.2) is 107 Å². The molecule has 0 aliphatic carbocycles. The fourth-order valence-corrected chi connectivity index (χ4v) is 4.85. The van der Waals surface area contributed by atoms with Crippen LogP contribution in [-0.2, 0) is 24.2 Å². The molecule has 0 aliphatic rings. The Morgan fingerprint density at radius 2 is 1.56 bits per heavy atom. The van der Waals surface area contributed by atoms with Crippen LogP contribution in [0.5, 0.6) is 5.75 Å². The monoisotopic (exact) mass is 576 g/mol. The van der Waals surface area contributed by atoms with Gasteiger partial charge in [-0.3, -0.25) is 19.0 Å². The molecule has 0 aliphatic heterocycles. The van der Waals surface area contributed by atoms with E-state index in [2.05, 4.69) is 10.6 Å². The Balaban J connectivity index is 1.51. The summed E-state index contributed by atoms with van der Waals surface area (Å²) in [4.78, 5) is 53.7. The van der Waals surface area contributed by atoms with E-state index in [1.54, 1.807) is 42.5 Å². The molecule has 9 heteroatoms. The van der Waals surface area contributed by atoms with Gasteiger partial charge in [-0.2, -0.15) is 0 Å². The number of nitrogens with one attached hydrogen (secondary N) is 2. The maximum atomic E-state index is 13.9. The Morgan fingerprint density at radius 3 is 2.23 bits per heavy atom. The van der Waals surface area contributed by atoms with Crippen molar-refractivity contribution >= 4 is 28.4 Å². The molecule has 5 aromatic rings. The molecule has 218 valence electrons. The lowest BCUT2D eigenvalue weighted by Gasteiger charge is -2.15. The van der Waals surface area contributed by atoms with Gasteiger partial charge in [0.1, 0.15) is 12.3 Å². The topological polar surface area (TPSA) is 111 Å². The van der Waals surface area contributed by atoms with E-state index in [9.17, 15) is 19.2 Å². The minimum atomic E-state index is -0.708. The molecule has 0 atom stereocenters. The zero-order chi connectivity index (χ0) is 30.3. The molecule has 2 N–H and O–H groups in total. The molecule has 0 bridgehead atoms. The van der Waals surface area contributed by atoms with Crippen LogP contribution in [0.2, 0.25) is 0 Å². The number of nitrogens with zero attached hydrogens (tertiary/aromatic N) is 2. The van der Waals surface area contributed by atoms with Crippen molar-refractivity contribution in [1.82, 2.24) is 14.5 Å². The number of methoxy groups -OCH3 is 1. The van der Waals surface area contributed by atoms with Crippen LogP contribution in [0.1, 0.15) is 28.4 Å². The first-order valence-corrected chi connectivity index (χ1v) is 14.0. The molecule has 0 saturated carbocycles. The number of anilines is 1. The molecular weight excluding hydrogens is 544 g/mol. The second-order valence-corrected chi connectivity index (χ2v) is 10.0. The van der Waals surface area contributed by atoms with E-state index in [-0.39, 0.29) is 28.9 Å². The normalized spacial score (nSPS) is 10.8. The molecule has 5 rings (SSSR count). The van der Waals surface area contributed by atoms with Gasteiger partial charge in [-0.05, 0) is 78.6 Å².